The van der Waals surface area contributed by atoms with Gasteiger partial charge in [-0.3, -0.25) is 0 Å². The highest BCUT2D eigenvalue weighted by molar-refractivity contribution is 5.27. The smallest absolute Gasteiger partial charge is 0.115 e. The number of hydrogen-bond acceptors (Lipinski definition) is 3. The van der Waals surface area contributed by atoms with Crippen molar-refractivity contribution < 1.29 is 10.2 Å². The van der Waals surface area contributed by atoms with Crippen LogP contribution >= 0.6 is 0 Å². The van der Waals surface area contributed by atoms with E-state index in [0.717, 1.165) is 18.5 Å². The quantitative estimate of drug-likeness (QED) is 0.712. The molecule has 1 aromatic rings. The molecule has 3 nitrogen and oxygen atoms in total. The molecule has 0 aliphatic heterocycles. The molecule has 96 valence electrons. The molecule has 0 amide bonds. The molecule has 1 atom stereocenters. The number of phenols is 1. The largest absolute Gasteiger partial charge is 0.508 e. The third-order valence-corrected chi connectivity index (χ3v) is 3.07. The molecule has 0 radical (unpaired) electrons. The van der Waals surface area contributed by atoms with Gasteiger partial charge in [-0.05, 0) is 36.5 Å². The van der Waals surface area contributed by atoms with Crippen molar-refractivity contribution in [3.05, 3.63) is 29.8 Å². The molecule has 1 rings (SSSR count). The topological polar surface area (TPSA) is 52.5 Å². The van der Waals surface area contributed by atoms with E-state index < -0.39 is 0 Å². The molecule has 3 heteroatoms. The fraction of sp³-hybridized carbons (Fsp3) is 0.571. The molecule has 17 heavy (non-hydrogen) atoms. The molecule has 1 aromatic carbocycles. The molecule has 0 aliphatic carbocycles. The van der Waals surface area contributed by atoms with Crippen LogP contribution in [0.2, 0.25) is 0 Å². The fourth-order valence-corrected chi connectivity index (χ4v) is 1.70. The summed E-state index contributed by atoms with van der Waals surface area (Å²) in [6.07, 6.45) is 0.794. The van der Waals surface area contributed by atoms with Gasteiger partial charge in [-0.15, -0.1) is 0 Å². The predicted octanol–water partition coefficient (Wildman–Crippen LogP) is 2.45. The van der Waals surface area contributed by atoms with Crippen LogP contribution in [-0.2, 0) is 0 Å². The first-order valence-corrected chi connectivity index (χ1v) is 6.08. The Morgan fingerprint density at radius 3 is 2.35 bits per heavy atom. The summed E-state index contributed by atoms with van der Waals surface area (Å²) >= 11 is 0. The minimum absolute atomic E-state index is 0.0972. The molecule has 0 aromatic heterocycles. The molecule has 0 bridgehead atoms. The van der Waals surface area contributed by atoms with E-state index in [1.165, 1.54) is 0 Å². The van der Waals surface area contributed by atoms with Crippen LogP contribution in [0.1, 0.15) is 38.8 Å². The van der Waals surface area contributed by atoms with Crippen molar-refractivity contribution in [3.8, 4) is 5.75 Å². The molecule has 0 aliphatic rings. The summed E-state index contributed by atoms with van der Waals surface area (Å²) in [5.41, 5.74) is 1.25. The lowest BCUT2D eigenvalue weighted by Gasteiger charge is -2.26. The molecule has 0 saturated carbocycles. The second-order valence-corrected chi connectivity index (χ2v) is 5.33. The van der Waals surface area contributed by atoms with Gasteiger partial charge in [0, 0.05) is 19.2 Å². The lowest BCUT2D eigenvalue weighted by Crippen LogP contribution is -2.32. The molecular formula is C14H23NO2. The Labute approximate surface area is 103 Å². The van der Waals surface area contributed by atoms with Crippen molar-refractivity contribution in [2.75, 3.05) is 13.2 Å². The molecule has 3 N–H and O–H groups in total. The summed E-state index contributed by atoms with van der Waals surface area (Å²) < 4.78 is 0. The molecule has 0 spiro atoms. The summed E-state index contributed by atoms with van der Waals surface area (Å²) in [5.74, 6) is 0.293. The average molecular weight is 237 g/mol. The first kappa shape index (κ1) is 14.0. The second-order valence-electron chi connectivity index (χ2n) is 5.33. The van der Waals surface area contributed by atoms with Gasteiger partial charge in [-0.1, -0.05) is 26.0 Å². The number of hydrogen-bond donors (Lipinski definition) is 3. The van der Waals surface area contributed by atoms with Gasteiger partial charge in [-0.2, -0.15) is 0 Å². The zero-order valence-electron chi connectivity index (χ0n) is 10.9. The van der Waals surface area contributed by atoms with E-state index in [0.29, 0.717) is 5.75 Å². The van der Waals surface area contributed by atoms with Gasteiger partial charge in [-0.25, -0.2) is 0 Å². The van der Waals surface area contributed by atoms with Gasteiger partial charge in [0.1, 0.15) is 5.75 Å². The highest BCUT2D eigenvalue weighted by Crippen LogP contribution is 2.21. The number of nitrogens with one attached hydrogen (secondary N) is 1. The van der Waals surface area contributed by atoms with Gasteiger partial charge in [0.2, 0.25) is 0 Å². The van der Waals surface area contributed by atoms with Gasteiger partial charge in [0.15, 0.2) is 0 Å². The maximum Gasteiger partial charge on any atom is 0.115 e. The maximum atomic E-state index is 9.22. The lowest BCUT2D eigenvalue weighted by atomic mass is 9.89. The minimum Gasteiger partial charge on any atom is -0.508 e. The third kappa shape index (κ3) is 4.75. The van der Waals surface area contributed by atoms with Crippen LogP contribution in [0.5, 0.6) is 5.75 Å². The summed E-state index contributed by atoms with van der Waals surface area (Å²) in [6.45, 7) is 7.46. The number of aliphatic hydroxyl groups is 1. The van der Waals surface area contributed by atoms with Crippen LogP contribution in [0.4, 0.5) is 0 Å². The van der Waals surface area contributed by atoms with Crippen molar-refractivity contribution >= 4 is 0 Å². The first-order chi connectivity index (χ1) is 7.94. The molecular weight excluding hydrogens is 214 g/mol. The highest BCUT2D eigenvalue weighted by atomic mass is 16.3. The van der Waals surface area contributed by atoms with E-state index in [1.807, 2.05) is 12.1 Å². The Bertz CT molecular complexity index is 333. The van der Waals surface area contributed by atoms with Gasteiger partial charge in [0.25, 0.3) is 0 Å². The number of phenolic OH excluding ortho intramolecular Hbond substituents is 1. The predicted molar refractivity (Wildman–Crippen MR) is 70.0 cm³/mol. The third-order valence-electron chi connectivity index (χ3n) is 3.07. The van der Waals surface area contributed by atoms with Crippen LogP contribution in [-0.4, -0.2) is 23.4 Å². The molecule has 1 unspecified atom stereocenters. The summed E-state index contributed by atoms with van der Waals surface area (Å²) in [7, 11) is 0. The Hall–Kier alpha value is -1.06. The van der Waals surface area contributed by atoms with E-state index in [9.17, 15) is 5.11 Å². The normalized spacial score (nSPS) is 13.6. The summed E-state index contributed by atoms with van der Waals surface area (Å²) in [6, 6.07) is 7.49. The Morgan fingerprint density at radius 2 is 1.82 bits per heavy atom. The van der Waals surface area contributed by atoms with Gasteiger partial charge in [0.05, 0.1) is 0 Å². The number of rotatable bonds is 6. The van der Waals surface area contributed by atoms with Crippen LogP contribution in [0.25, 0.3) is 0 Å². The lowest BCUT2D eigenvalue weighted by molar-refractivity contribution is 0.203. The minimum atomic E-state index is 0.0972. The molecule has 0 fully saturated rings. The van der Waals surface area contributed by atoms with Crippen molar-refractivity contribution in [2.24, 2.45) is 5.41 Å². The molecule has 0 saturated heterocycles. The Kier molecular flexibility index (Phi) is 4.97. The monoisotopic (exact) mass is 237 g/mol. The average Bonchev–Trinajstić information content (AvgIpc) is 2.27. The summed E-state index contributed by atoms with van der Waals surface area (Å²) in [5, 5.41) is 21.6. The summed E-state index contributed by atoms with van der Waals surface area (Å²) in [4.78, 5) is 0. The zero-order valence-corrected chi connectivity index (χ0v) is 10.9. The Morgan fingerprint density at radius 1 is 1.24 bits per heavy atom. The number of benzene rings is 1. The van der Waals surface area contributed by atoms with Crippen molar-refractivity contribution in [3.63, 3.8) is 0 Å². The molecule has 0 heterocycles. The maximum absolute atomic E-state index is 9.22. The van der Waals surface area contributed by atoms with Crippen molar-refractivity contribution in [1.82, 2.24) is 5.32 Å². The standard InChI is InChI=1S/C14H23NO2/c1-11(12-4-6-13(17)7-5-12)15-10-14(2,3)8-9-16/h4-7,11,15-17H,8-10H2,1-3H3. The van der Waals surface area contributed by atoms with Crippen LogP contribution in [0.3, 0.4) is 0 Å². The SMILES string of the molecule is CC(NCC(C)(C)CCO)c1ccc(O)cc1. The van der Waals surface area contributed by atoms with Crippen molar-refractivity contribution in [2.45, 2.75) is 33.2 Å². The number of aromatic hydroxyl groups is 1. The van der Waals surface area contributed by atoms with E-state index in [2.05, 4.69) is 26.1 Å². The second kappa shape index (κ2) is 6.03. The Balaban J connectivity index is 2.49. The van der Waals surface area contributed by atoms with Crippen LogP contribution < -0.4 is 5.32 Å². The zero-order chi connectivity index (χ0) is 12.9. The van der Waals surface area contributed by atoms with Crippen LogP contribution in [0.15, 0.2) is 24.3 Å². The van der Waals surface area contributed by atoms with Crippen LogP contribution in [0, 0.1) is 5.41 Å². The van der Waals surface area contributed by atoms with Gasteiger partial charge >= 0.3 is 0 Å². The van der Waals surface area contributed by atoms with Crippen molar-refractivity contribution in [1.29, 1.82) is 0 Å². The highest BCUT2D eigenvalue weighted by Gasteiger charge is 2.18. The van der Waals surface area contributed by atoms with E-state index in [4.69, 9.17) is 5.11 Å². The first-order valence-electron chi connectivity index (χ1n) is 6.08. The van der Waals surface area contributed by atoms with Gasteiger partial charge < -0.3 is 15.5 Å². The van der Waals surface area contributed by atoms with E-state index in [1.54, 1.807) is 12.1 Å². The fourth-order valence-electron chi connectivity index (χ4n) is 1.70. The number of aliphatic hydroxyl groups excluding tert-OH is 1. The van der Waals surface area contributed by atoms with E-state index in [-0.39, 0.29) is 18.1 Å². The van der Waals surface area contributed by atoms with E-state index >= 15 is 0 Å².